The van der Waals surface area contributed by atoms with Gasteiger partial charge in [0.25, 0.3) is 5.91 Å². The quantitative estimate of drug-likeness (QED) is 0.188. The molecule has 0 unspecified atom stereocenters. The van der Waals surface area contributed by atoms with Crippen molar-refractivity contribution in [2.24, 2.45) is 0 Å². The molecular weight excluding hydrogens is 521 g/mol. The number of carbonyl (C=O) groups excluding carboxylic acids is 1. The maximum absolute atomic E-state index is 15.0. The van der Waals surface area contributed by atoms with Crippen LogP contribution in [-0.4, -0.2) is 33.9 Å². The van der Waals surface area contributed by atoms with Crippen LogP contribution < -0.4 is 15.4 Å². The number of benzene rings is 2. The van der Waals surface area contributed by atoms with Crippen molar-refractivity contribution in [3.8, 4) is 11.5 Å². The number of nitrogens with zero attached hydrogens (tertiary/aromatic N) is 3. The van der Waals surface area contributed by atoms with Crippen LogP contribution in [0.1, 0.15) is 29.2 Å². The number of fused-ring (bicyclic) bond motifs is 1. The highest BCUT2D eigenvalue weighted by molar-refractivity contribution is 7.19. The van der Waals surface area contributed by atoms with E-state index in [1.54, 1.807) is 35.0 Å². The number of thiophene rings is 1. The Labute approximate surface area is 227 Å². The van der Waals surface area contributed by atoms with Gasteiger partial charge in [0.1, 0.15) is 11.4 Å². The van der Waals surface area contributed by atoms with Crippen molar-refractivity contribution >= 4 is 55.3 Å². The van der Waals surface area contributed by atoms with Crippen LogP contribution in [0, 0.1) is 5.82 Å². The average molecular weight is 548 g/mol. The maximum Gasteiger partial charge on any atom is 0.275 e. The fourth-order valence-electron chi connectivity index (χ4n) is 3.85. The van der Waals surface area contributed by atoms with Crippen LogP contribution >= 0.6 is 22.7 Å². The summed E-state index contributed by atoms with van der Waals surface area (Å²) < 4.78 is 21.8. The molecule has 2 N–H and O–H groups in total. The van der Waals surface area contributed by atoms with E-state index >= 15 is 0 Å². The minimum atomic E-state index is -0.586. The topological polar surface area (TPSA) is 79.4 Å². The number of ether oxygens (including phenoxy) is 1. The van der Waals surface area contributed by atoms with Gasteiger partial charge in [-0.15, -0.1) is 22.7 Å². The number of hydrogen-bond donors (Lipinski definition) is 2. The Hall–Kier alpha value is -3.86. The molecule has 3 heterocycles. The SMILES string of the molecule is CCN(CC)Cc1cc2nccc(Oc3ccc(NC(=O)c4csc(Nc5ccccc5)n4)cc3F)c2s1. The predicted molar refractivity (Wildman–Crippen MR) is 153 cm³/mol. The van der Waals surface area contributed by atoms with Gasteiger partial charge in [0.15, 0.2) is 16.7 Å². The van der Waals surface area contributed by atoms with Crippen LogP contribution in [0.25, 0.3) is 10.2 Å². The van der Waals surface area contributed by atoms with Gasteiger partial charge >= 0.3 is 0 Å². The van der Waals surface area contributed by atoms with Crippen LogP contribution in [0.2, 0.25) is 0 Å². The van der Waals surface area contributed by atoms with E-state index in [1.807, 2.05) is 30.3 Å². The van der Waals surface area contributed by atoms with Gasteiger partial charge in [-0.3, -0.25) is 14.7 Å². The molecule has 10 heteroatoms. The van der Waals surface area contributed by atoms with Crippen molar-refractivity contribution in [2.45, 2.75) is 20.4 Å². The third-order valence-corrected chi connectivity index (χ3v) is 7.75. The number of halogens is 1. The standard InChI is InChI=1S/C28H26FN5O2S2/c1-3-34(4-2)16-20-15-22-26(38-20)25(12-13-30-22)36-24-11-10-19(14-21(24)29)31-27(35)23-17-37-28(33-23)32-18-8-6-5-7-9-18/h5-15,17H,3-4,16H2,1-2H3,(H,31,35)(H,32,33). The molecule has 194 valence electrons. The van der Waals surface area contributed by atoms with E-state index in [0.29, 0.717) is 16.6 Å². The predicted octanol–water partition coefficient (Wildman–Crippen LogP) is 7.52. The van der Waals surface area contributed by atoms with Crippen LogP contribution in [0.15, 0.2) is 72.2 Å². The normalized spacial score (nSPS) is 11.2. The molecule has 0 saturated carbocycles. The lowest BCUT2D eigenvalue weighted by molar-refractivity contribution is 0.102. The molecule has 0 aliphatic rings. The van der Waals surface area contributed by atoms with Gasteiger partial charge in [0.2, 0.25) is 0 Å². The van der Waals surface area contributed by atoms with E-state index in [4.69, 9.17) is 4.74 Å². The number of aromatic nitrogens is 2. The second-order valence-corrected chi connectivity index (χ2v) is 10.4. The molecule has 38 heavy (non-hydrogen) atoms. The lowest BCUT2D eigenvalue weighted by Crippen LogP contribution is -2.21. The highest BCUT2D eigenvalue weighted by Crippen LogP contribution is 2.36. The molecule has 0 aliphatic heterocycles. The third kappa shape index (κ3) is 5.99. The lowest BCUT2D eigenvalue weighted by atomic mass is 10.2. The first-order chi connectivity index (χ1) is 18.5. The fourth-order valence-corrected chi connectivity index (χ4v) is 5.66. The van der Waals surface area contributed by atoms with Crippen LogP contribution in [0.3, 0.4) is 0 Å². The minimum absolute atomic E-state index is 0.0668. The number of carbonyl (C=O) groups is 1. The molecule has 0 radical (unpaired) electrons. The second kappa shape index (κ2) is 11.7. The van der Waals surface area contributed by atoms with E-state index in [-0.39, 0.29) is 11.4 Å². The summed E-state index contributed by atoms with van der Waals surface area (Å²) in [7, 11) is 0. The molecule has 0 fully saturated rings. The summed E-state index contributed by atoms with van der Waals surface area (Å²) in [5.74, 6) is -0.400. The third-order valence-electron chi connectivity index (χ3n) is 5.87. The number of rotatable bonds is 10. The number of amides is 1. The Morgan fingerprint density at radius 1 is 1.03 bits per heavy atom. The van der Waals surface area contributed by atoms with E-state index in [2.05, 4.69) is 45.4 Å². The summed E-state index contributed by atoms with van der Waals surface area (Å²) in [6.07, 6.45) is 1.66. The number of pyridine rings is 1. The smallest absolute Gasteiger partial charge is 0.275 e. The number of para-hydroxylation sites is 1. The van der Waals surface area contributed by atoms with Crippen LogP contribution in [0.4, 0.5) is 20.9 Å². The van der Waals surface area contributed by atoms with E-state index in [9.17, 15) is 9.18 Å². The fraction of sp³-hybridized carbons (Fsp3) is 0.179. The molecule has 7 nitrogen and oxygen atoms in total. The van der Waals surface area contributed by atoms with E-state index < -0.39 is 11.7 Å². The number of anilines is 3. The molecule has 5 rings (SSSR count). The van der Waals surface area contributed by atoms with Crippen molar-refractivity contribution < 1.29 is 13.9 Å². The molecule has 0 aliphatic carbocycles. The van der Waals surface area contributed by atoms with Crippen molar-refractivity contribution in [3.05, 3.63) is 88.6 Å². The second-order valence-electron chi connectivity index (χ2n) is 8.43. The first-order valence-corrected chi connectivity index (χ1v) is 13.9. The molecule has 0 saturated heterocycles. The van der Waals surface area contributed by atoms with Gasteiger partial charge in [0, 0.05) is 46.5 Å². The number of thiazole rings is 1. The van der Waals surface area contributed by atoms with Gasteiger partial charge in [-0.2, -0.15) is 0 Å². The number of nitrogens with one attached hydrogen (secondary N) is 2. The monoisotopic (exact) mass is 547 g/mol. The molecule has 1 amide bonds. The highest BCUT2D eigenvalue weighted by Gasteiger charge is 2.15. The zero-order chi connectivity index (χ0) is 26.5. The molecule has 0 atom stereocenters. The summed E-state index contributed by atoms with van der Waals surface area (Å²) in [5.41, 5.74) is 2.25. The minimum Gasteiger partial charge on any atom is -0.453 e. The Balaban J connectivity index is 1.27. The van der Waals surface area contributed by atoms with Gasteiger partial charge in [-0.1, -0.05) is 32.0 Å². The molecule has 5 aromatic rings. The van der Waals surface area contributed by atoms with E-state index in [1.165, 1.54) is 28.3 Å². The Morgan fingerprint density at radius 2 is 1.84 bits per heavy atom. The van der Waals surface area contributed by atoms with Gasteiger partial charge in [0.05, 0.1) is 10.2 Å². The maximum atomic E-state index is 15.0. The summed E-state index contributed by atoms with van der Waals surface area (Å²) in [4.78, 5) is 25.0. The molecule has 3 aromatic heterocycles. The number of hydrogen-bond acceptors (Lipinski definition) is 8. The van der Waals surface area contributed by atoms with Gasteiger partial charge in [-0.05, 0) is 43.4 Å². The summed E-state index contributed by atoms with van der Waals surface area (Å²) in [6, 6.07) is 17.7. The van der Waals surface area contributed by atoms with Crippen LogP contribution in [-0.2, 0) is 6.54 Å². The van der Waals surface area contributed by atoms with E-state index in [0.717, 1.165) is 35.5 Å². The summed E-state index contributed by atoms with van der Waals surface area (Å²) in [6.45, 7) is 7.03. The van der Waals surface area contributed by atoms with Crippen molar-refractivity contribution in [2.75, 3.05) is 23.7 Å². The zero-order valence-electron chi connectivity index (χ0n) is 20.9. The largest absolute Gasteiger partial charge is 0.453 e. The highest BCUT2D eigenvalue weighted by atomic mass is 32.1. The molecule has 0 spiro atoms. The van der Waals surface area contributed by atoms with Crippen molar-refractivity contribution in [3.63, 3.8) is 0 Å². The first kappa shape index (κ1) is 25.8. The van der Waals surface area contributed by atoms with Gasteiger partial charge in [-0.25, -0.2) is 9.37 Å². The summed E-state index contributed by atoms with van der Waals surface area (Å²) in [5, 5.41) is 8.10. The lowest BCUT2D eigenvalue weighted by Gasteiger charge is -2.16. The summed E-state index contributed by atoms with van der Waals surface area (Å²) >= 11 is 2.91. The molecular formula is C28H26FN5O2S2. The average Bonchev–Trinajstić information content (AvgIpc) is 3.57. The zero-order valence-corrected chi connectivity index (χ0v) is 22.5. The Bertz CT molecular complexity index is 1550. The molecule has 0 bridgehead atoms. The van der Waals surface area contributed by atoms with Crippen molar-refractivity contribution in [1.82, 2.24) is 14.9 Å². The molecule has 2 aromatic carbocycles. The van der Waals surface area contributed by atoms with Crippen LogP contribution in [0.5, 0.6) is 11.5 Å². The van der Waals surface area contributed by atoms with Crippen molar-refractivity contribution in [1.29, 1.82) is 0 Å². The first-order valence-electron chi connectivity index (χ1n) is 12.2. The van der Waals surface area contributed by atoms with Gasteiger partial charge < -0.3 is 15.4 Å². The Morgan fingerprint density at radius 3 is 2.61 bits per heavy atom. The Kier molecular flexibility index (Phi) is 7.92.